The van der Waals surface area contributed by atoms with E-state index in [1.54, 1.807) is 6.92 Å². The molecule has 88 valence electrons. The predicted octanol–water partition coefficient (Wildman–Crippen LogP) is 2.47. The minimum atomic E-state index is -0.497. The molecule has 1 aromatic carbocycles. The molecule has 0 aliphatic heterocycles. The molecule has 2 rings (SSSR count). The van der Waals surface area contributed by atoms with E-state index >= 15 is 0 Å². The number of ether oxygens (including phenoxy) is 1. The minimum Gasteiger partial charge on any atom is -0.461 e. The number of H-pyrrole nitrogens is 1. The Morgan fingerprint density at radius 1 is 1.47 bits per heavy atom. The average Bonchev–Trinajstić information content (AvgIpc) is 2.67. The Morgan fingerprint density at radius 3 is 2.88 bits per heavy atom. The van der Waals surface area contributed by atoms with E-state index in [1.165, 1.54) is 0 Å². The van der Waals surface area contributed by atoms with Crippen molar-refractivity contribution in [3.8, 4) is 0 Å². The summed E-state index contributed by atoms with van der Waals surface area (Å²) in [6, 6.07) is 5.64. The maximum atomic E-state index is 11.7. The first kappa shape index (κ1) is 11.4. The number of carbonyl (C=O) groups excluding carboxylic acids is 2. The monoisotopic (exact) mass is 231 g/mol. The van der Waals surface area contributed by atoms with Gasteiger partial charge in [0.1, 0.15) is 5.69 Å². The minimum absolute atomic E-state index is 0.224. The van der Waals surface area contributed by atoms with Crippen LogP contribution in [0.25, 0.3) is 10.9 Å². The van der Waals surface area contributed by atoms with Gasteiger partial charge in [-0.05, 0) is 26.0 Å². The highest BCUT2D eigenvalue weighted by molar-refractivity contribution is 6.08. The zero-order chi connectivity index (χ0) is 12.4. The molecule has 4 nitrogen and oxygen atoms in total. The highest BCUT2D eigenvalue weighted by atomic mass is 16.5. The van der Waals surface area contributed by atoms with Crippen molar-refractivity contribution in [2.24, 2.45) is 0 Å². The Labute approximate surface area is 98.6 Å². The summed E-state index contributed by atoms with van der Waals surface area (Å²) < 4.78 is 4.90. The summed E-state index contributed by atoms with van der Waals surface area (Å²) in [6.07, 6.45) is 0.685. The lowest BCUT2D eigenvalue weighted by Crippen LogP contribution is -2.07. The summed E-state index contributed by atoms with van der Waals surface area (Å²) >= 11 is 0. The van der Waals surface area contributed by atoms with Crippen LogP contribution in [0.5, 0.6) is 0 Å². The lowest BCUT2D eigenvalue weighted by atomic mass is 10.1. The fraction of sp³-hybridized carbons (Fsp3) is 0.231. The Hall–Kier alpha value is -2.10. The van der Waals surface area contributed by atoms with Crippen LogP contribution >= 0.6 is 0 Å². The quantitative estimate of drug-likeness (QED) is 0.652. The molecule has 1 N–H and O–H groups in total. The van der Waals surface area contributed by atoms with Gasteiger partial charge in [-0.15, -0.1) is 0 Å². The van der Waals surface area contributed by atoms with E-state index in [-0.39, 0.29) is 12.3 Å². The molecule has 0 saturated carbocycles. The number of esters is 1. The summed E-state index contributed by atoms with van der Waals surface area (Å²) in [6.45, 7) is 3.95. The van der Waals surface area contributed by atoms with Crippen molar-refractivity contribution in [2.75, 3.05) is 6.61 Å². The van der Waals surface area contributed by atoms with E-state index in [0.29, 0.717) is 11.8 Å². The standard InChI is InChI=1S/C13H13NO3/c1-3-17-13(16)12-10(7-15)9-6-8(2)4-5-11(9)14-12/h4-7,14H,3H2,1-2H3. The van der Waals surface area contributed by atoms with Crippen LogP contribution in [0, 0.1) is 6.92 Å². The van der Waals surface area contributed by atoms with Crippen molar-refractivity contribution < 1.29 is 14.3 Å². The smallest absolute Gasteiger partial charge is 0.355 e. The molecule has 0 amide bonds. The largest absolute Gasteiger partial charge is 0.461 e. The summed E-state index contributed by atoms with van der Waals surface area (Å²) in [7, 11) is 0. The topological polar surface area (TPSA) is 59.2 Å². The first-order valence-corrected chi connectivity index (χ1v) is 5.42. The second kappa shape index (κ2) is 4.41. The molecule has 0 bridgehead atoms. The van der Waals surface area contributed by atoms with Gasteiger partial charge in [-0.2, -0.15) is 0 Å². The van der Waals surface area contributed by atoms with Crippen molar-refractivity contribution in [1.29, 1.82) is 0 Å². The van der Waals surface area contributed by atoms with Crippen LogP contribution in [-0.4, -0.2) is 23.8 Å². The number of fused-ring (bicyclic) bond motifs is 1. The number of rotatable bonds is 3. The number of aryl methyl sites for hydroxylation is 1. The van der Waals surface area contributed by atoms with Crippen LogP contribution in [0.1, 0.15) is 33.3 Å². The lowest BCUT2D eigenvalue weighted by Gasteiger charge is -1.99. The number of carbonyl (C=O) groups is 2. The highest BCUT2D eigenvalue weighted by Crippen LogP contribution is 2.22. The maximum absolute atomic E-state index is 11.7. The number of hydrogen-bond acceptors (Lipinski definition) is 3. The van der Waals surface area contributed by atoms with E-state index in [2.05, 4.69) is 4.98 Å². The third-order valence-electron chi connectivity index (χ3n) is 2.59. The summed E-state index contributed by atoms with van der Waals surface area (Å²) in [5.74, 6) is -0.497. The predicted molar refractivity (Wildman–Crippen MR) is 64.4 cm³/mol. The molecule has 2 aromatic rings. The molecule has 0 aliphatic rings. The number of aromatic nitrogens is 1. The maximum Gasteiger partial charge on any atom is 0.355 e. The van der Waals surface area contributed by atoms with Crippen molar-refractivity contribution in [3.63, 3.8) is 0 Å². The van der Waals surface area contributed by atoms with Gasteiger partial charge in [0.25, 0.3) is 0 Å². The molecule has 1 heterocycles. The number of nitrogens with one attached hydrogen (secondary N) is 1. The van der Waals surface area contributed by atoms with Crippen LogP contribution in [0.4, 0.5) is 0 Å². The molecular weight excluding hydrogens is 218 g/mol. The molecule has 0 fully saturated rings. The Kier molecular flexibility index (Phi) is 2.95. The van der Waals surface area contributed by atoms with Crippen LogP contribution in [0.15, 0.2) is 18.2 Å². The molecular formula is C13H13NO3. The van der Waals surface area contributed by atoms with Gasteiger partial charge in [-0.25, -0.2) is 4.79 Å². The van der Waals surface area contributed by atoms with E-state index in [9.17, 15) is 9.59 Å². The van der Waals surface area contributed by atoms with Gasteiger partial charge in [0.2, 0.25) is 0 Å². The van der Waals surface area contributed by atoms with E-state index < -0.39 is 5.97 Å². The molecule has 0 saturated heterocycles. The van der Waals surface area contributed by atoms with Gasteiger partial charge in [-0.3, -0.25) is 4.79 Å². The van der Waals surface area contributed by atoms with Gasteiger partial charge in [-0.1, -0.05) is 11.6 Å². The first-order chi connectivity index (χ1) is 8.17. The second-order valence-electron chi connectivity index (χ2n) is 3.80. The summed E-state index contributed by atoms with van der Waals surface area (Å²) in [4.78, 5) is 25.7. The van der Waals surface area contributed by atoms with Crippen molar-refractivity contribution in [2.45, 2.75) is 13.8 Å². The lowest BCUT2D eigenvalue weighted by molar-refractivity contribution is 0.0518. The van der Waals surface area contributed by atoms with Crippen LogP contribution in [-0.2, 0) is 4.74 Å². The normalized spacial score (nSPS) is 10.5. The van der Waals surface area contributed by atoms with Gasteiger partial charge in [0.05, 0.1) is 12.2 Å². The van der Waals surface area contributed by atoms with E-state index in [4.69, 9.17) is 4.74 Å². The Morgan fingerprint density at radius 2 is 2.24 bits per heavy atom. The van der Waals surface area contributed by atoms with Crippen LogP contribution in [0.2, 0.25) is 0 Å². The summed E-state index contributed by atoms with van der Waals surface area (Å²) in [5, 5.41) is 0.753. The number of aromatic amines is 1. The van der Waals surface area contributed by atoms with Crippen molar-refractivity contribution in [3.05, 3.63) is 35.0 Å². The molecule has 0 unspecified atom stereocenters. The molecule has 17 heavy (non-hydrogen) atoms. The second-order valence-corrected chi connectivity index (χ2v) is 3.80. The molecule has 0 spiro atoms. The Bertz CT molecular complexity index is 584. The van der Waals surface area contributed by atoms with Gasteiger partial charge in [0, 0.05) is 10.9 Å². The SMILES string of the molecule is CCOC(=O)c1[nH]c2ccc(C)cc2c1C=O. The van der Waals surface area contributed by atoms with Gasteiger partial charge < -0.3 is 9.72 Å². The van der Waals surface area contributed by atoms with Crippen LogP contribution < -0.4 is 0 Å². The third-order valence-corrected chi connectivity index (χ3v) is 2.59. The molecule has 4 heteroatoms. The fourth-order valence-electron chi connectivity index (χ4n) is 1.81. The number of benzene rings is 1. The number of aldehydes is 1. The first-order valence-electron chi connectivity index (χ1n) is 5.42. The third kappa shape index (κ3) is 1.93. The average molecular weight is 231 g/mol. The van der Waals surface area contributed by atoms with Crippen molar-refractivity contribution >= 4 is 23.2 Å². The fourth-order valence-corrected chi connectivity index (χ4v) is 1.81. The molecule has 0 atom stereocenters. The van der Waals surface area contributed by atoms with E-state index in [1.807, 2.05) is 25.1 Å². The molecule has 0 radical (unpaired) electrons. The van der Waals surface area contributed by atoms with Gasteiger partial charge >= 0.3 is 5.97 Å². The Balaban J connectivity index is 2.64. The van der Waals surface area contributed by atoms with Crippen molar-refractivity contribution in [1.82, 2.24) is 4.98 Å². The molecule has 0 aliphatic carbocycles. The zero-order valence-electron chi connectivity index (χ0n) is 9.74. The number of hydrogen-bond donors (Lipinski definition) is 1. The summed E-state index contributed by atoms with van der Waals surface area (Å²) in [5.41, 5.74) is 2.39. The molecule has 1 aromatic heterocycles. The van der Waals surface area contributed by atoms with Gasteiger partial charge in [0.15, 0.2) is 6.29 Å². The van der Waals surface area contributed by atoms with Crippen LogP contribution in [0.3, 0.4) is 0 Å². The highest BCUT2D eigenvalue weighted by Gasteiger charge is 2.18. The van der Waals surface area contributed by atoms with E-state index in [0.717, 1.165) is 16.5 Å². The zero-order valence-corrected chi connectivity index (χ0v) is 9.74.